The molecule has 1 fully saturated rings. The molecule has 20 heavy (non-hydrogen) atoms. The first-order valence-corrected chi connectivity index (χ1v) is 7.18. The molecule has 0 saturated carbocycles. The van der Waals surface area contributed by atoms with Crippen LogP contribution in [-0.4, -0.2) is 26.1 Å². The fourth-order valence-electron chi connectivity index (χ4n) is 2.49. The number of carbonyl (C=O) groups is 1. The van der Waals surface area contributed by atoms with E-state index in [4.69, 9.17) is 4.74 Å². The molecule has 2 unspecified atom stereocenters. The minimum absolute atomic E-state index is 0.0483. The molecule has 1 aromatic carbocycles. The third-order valence-corrected chi connectivity index (χ3v) is 4.14. The van der Waals surface area contributed by atoms with E-state index in [9.17, 15) is 4.79 Å². The first-order valence-electron chi connectivity index (χ1n) is 7.18. The minimum Gasteiger partial charge on any atom is -0.496 e. The summed E-state index contributed by atoms with van der Waals surface area (Å²) in [5.74, 6) is 1.45. The number of methoxy groups -OCH3 is 1. The molecule has 1 heterocycles. The predicted molar refractivity (Wildman–Crippen MR) is 79.8 cm³/mol. The SMILES string of the molecule is COc1ccc(C)cc1C(C)NC(=O)C(C)C1CNC1. The quantitative estimate of drug-likeness (QED) is 0.865. The molecule has 0 spiro atoms. The van der Waals surface area contributed by atoms with Crippen molar-refractivity contribution in [1.29, 1.82) is 0 Å². The zero-order valence-corrected chi connectivity index (χ0v) is 12.7. The highest BCUT2D eigenvalue weighted by Crippen LogP contribution is 2.27. The number of amides is 1. The fraction of sp³-hybridized carbons (Fsp3) is 0.562. The Morgan fingerprint density at radius 2 is 2.10 bits per heavy atom. The normalized spacial score (nSPS) is 18.0. The van der Waals surface area contributed by atoms with Crippen LogP contribution in [0.15, 0.2) is 18.2 Å². The third-order valence-electron chi connectivity index (χ3n) is 4.14. The second kappa shape index (κ2) is 6.27. The number of ether oxygens (including phenoxy) is 1. The van der Waals surface area contributed by atoms with Gasteiger partial charge < -0.3 is 15.4 Å². The van der Waals surface area contributed by atoms with Gasteiger partial charge >= 0.3 is 0 Å². The summed E-state index contributed by atoms with van der Waals surface area (Å²) in [6.45, 7) is 7.93. The molecule has 2 rings (SSSR count). The van der Waals surface area contributed by atoms with Gasteiger partial charge in [0, 0.05) is 11.5 Å². The average molecular weight is 276 g/mol. The first kappa shape index (κ1) is 14.9. The van der Waals surface area contributed by atoms with Crippen LogP contribution >= 0.6 is 0 Å². The second-order valence-electron chi connectivity index (χ2n) is 5.68. The maximum atomic E-state index is 12.3. The van der Waals surface area contributed by atoms with Crippen molar-refractivity contribution >= 4 is 5.91 Å². The Kier molecular flexibility index (Phi) is 4.65. The van der Waals surface area contributed by atoms with Crippen LogP contribution in [0.1, 0.15) is 31.0 Å². The van der Waals surface area contributed by atoms with Gasteiger partial charge in [0.1, 0.15) is 5.75 Å². The van der Waals surface area contributed by atoms with Crippen LogP contribution < -0.4 is 15.4 Å². The van der Waals surface area contributed by atoms with Crippen LogP contribution in [-0.2, 0) is 4.79 Å². The van der Waals surface area contributed by atoms with Crippen LogP contribution in [0, 0.1) is 18.8 Å². The van der Waals surface area contributed by atoms with Gasteiger partial charge in [-0.3, -0.25) is 4.79 Å². The van der Waals surface area contributed by atoms with Gasteiger partial charge in [0.25, 0.3) is 0 Å². The molecule has 1 aliphatic rings. The molecule has 1 aromatic rings. The summed E-state index contributed by atoms with van der Waals surface area (Å²) in [5, 5.41) is 6.31. The largest absolute Gasteiger partial charge is 0.496 e. The standard InChI is InChI=1S/C16H24N2O2/c1-10-5-6-15(20-4)14(7-10)12(3)18-16(19)11(2)13-8-17-9-13/h5-7,11-13,17H,8-9H2,1-4H3,(H,18,19). The lowest BCUT2D eigenvalue weighted by Gasteiger charge is -2.32. The Bertz CT molecular complexity index is 483. The maximum Gasteiger partial charge on any atom is 0.223 e. The molecule has 2 atom stereocenters. The molecule has 1 saturated heterocycles. The van der Waals surface area contributed by atoms with Crippen molar-refractivity contribution in [3.63, 3.8) is 0 Å². The highest BCUT2D eigenvalue weighted by Gasteiger charge is 2.29. The van der Waals surface area contributed by atoms with Crippen molar-refractivity contribution in [2.24, 2.45) is 11.8 Å². The second-order valence-corrected chi connectivity index (χ2v) is 5.68. The van der Waals surface area contributed by atoms with Gasteiger partial charge in [0.15, 0.2) is 0 Å². The van der Waals surface area contributed by atoms with Crippen molar-refractivity contribution in [3.8, 4) is 5.75 Å². The van der Waals surface area contributed by atoms with E-state index in [0.717, 1.165) is 30.0 Å². The number of aryl methyl sites for hydroxylation is 1. The summed E-state index contributed by atoms with van der Waals surface area (Å²) in [6, 6.07) is 5.98. The molecule has 1 amide bonds. The van der Waals surface area contributed by atoms with Gasteiger partial charge in [-0.25, -0.2) is 0 Å². The summed E-state index contributed by atoms with van der Waals surface area (Å²) in [5.41, 5.74) is 2.19. The fourth-order valence-corrected chi connectivity index (χ4v) is 2.49. The molecule has 2 N–H and O–H groups in total. The minimum atomic E-state index is -0.0483. The Morgan fingerprint density at radius 3 is 2.65 bits per heavy atom. The van der Waals surface area contributed by atoms with Gasteiger partial charge in [-0.1, -0.05) is 24.6 Å². The van der Waals surface area contributed by atoms with Gasteiger partial charge in [-0.05, 0) is 38.9 Å². The number of hydrogen-bond donors (Lipinski definition) is 2. The molecule has 0 aliphatic carbocycles. The van der Waals surface area contributed by atoms with Crippen LogP contribution in [0.3, 0.4) is 0 Å². The van der Waals surface area contributed by atoms with E-state index in [0.29, 0.717) is 5.92 Å². The molecule has 0 bridgehead atoms. The Morgan fingerprint density at radius 1 is 1.40 bits per heavy atom. The lowest BCUT2D eigenvalue weighted by Crippen LogP contribution is -2.49. The Labute approximate surface area is 120 Å². The zero-order chi connectivity index (χ0) is 14.7. The smallest absolute Gasteiger partial charge is 0.223 e. The topological polar surface area (TPSA) is 50.4 Å². The molecule has 4 heteroatoms. The van der Waals surface area contributed by atoms with Crippen molar-refractivity contribution < 1.29 is 9.53 Å². The maximum absolute atomic E-state index is 12.3. The van der Waals surface area contributed by atoms with Crippen LogP contribution in [0.25, 0.3) is 0 Å². The number of nitrogens with one attached hydrogen (secondary N) is 2. The van der Waals surface area contributed by atoms with Gasteiger partial charge in [0.05, 0.1) is 13.2 Å². The lowest BCUT2D eigenvalue weighted by atomic mass is 9.88. The molecular formula is C16H24N2O2. The van der Waals surface area contributed by atoms with Gasteiger partial charge in [-0.2, -0.15) is 0 Å². The van der Waals surface area contributed by atoms with E-state index >= 15 is 0 Å². The number of benzene rings is 1. The van der Waals surface area contributed by atoms with Gasteiger partial charge in [0.2, 0.25) is 5.91 Å². The molecule has 1 aliphatic heterocycles. The predicted octanol–water partition coefficient (Wildman–Crippen LogP) is 2.04. The average Bonchev–Trinajstić information content (AvgIpc) is 2.36. The zero-order valence-electron chi connectivity index (χ0n) is 12.7. The first-order chi connectivity index (χ1) is 9.52. The summed E-state index contributed by atoms with van der Waals surface area (Å²) < 4.78 is 5.38. The van der Waals surface area contributed by atoms with Crippen molar-refractivity contribution in [3.05, 3.63) is 29.3 Å². The van der Waals surface area contributed by atoms with Crippen molar-refractivity contribution in [2.45, 2.75) is 26.8 Å². The molecule has 0 radical (unpaired) electrons. The lowest BCUT2D eigenvalue weighted by molar-refractivity contribution is -0.127. The number of hydrogen-bond acceptors (Lipinski definition) is 3. The summed E-state index contributed by atoms with van der Waals surface area (Å²) in [7, 11) is 1.66. The molecule has 4 nitrogen and oxygen atoms in total. The highest BCUT2D eigenvalue weighted by atomic mass is 16.5. The van der Waals surface area contributed by atoms with Crippen LogP contribution in [0.4, 0.5) is 0 Å². The van der Waals surface area contributed by atoms with Crippen molar-refractivity contribution in [2.75, 3.05) is 20.2 Å². The molecular weight excluding hydrogens is 252 g/mol. The molecule has 110 valence electrons. The van der Waals surface area contributed by atoms with E-state index in [1.165, 1.54) is 0 Å². The van der Waals surface area contributed by atoms with Crippen LogP contribution in [0.2, 0.25) is 0 Å². The van der Waals surface area contributed by atoms with E-state index in [-0.39, 0.29) is 17.9 Å². The third kappa shape index (κ3) is 3.12. The van der Waals surface area contributed by atoms with E-state index < -0.39 is 0 Å². The summed E-state index contributed by atoms with van der Waals surface area (Å²) >= 11 is 0. The summed E-state index contributed by atoms with van der Waals surface area (Å²) in [4.78, 5) is 12.3. The summed E-state index contributed by atoms with van der Waals surface area (Å²) in [6.07, 6.45) is 0. The Balaban J connectivity index is 2.05. The Hall–Kier alpha value is -1.55. The van der Waals surface area contributed by atoms with Crippen LogP contribution in [0.5, 0.6) is 5.75 Å². The van der Waals surface area contributed by atoms with Crippen molar-refractivity contribution in [1.82, 2.24) is 10.6 Å². The monoisotopic (exact) mass is 276 g/mol. The molecule has 0 aromatic heterocycles. The number of rotatable bonds is 5. The highest BCUT2D eigenvalue weighted by molar-refractivity contribution is 5.79. The van der Waals surface area contributed by atoms with E-state index in [1.54, 1.807) is 7.11 Å². The van der Waals surface area contributed by atoms with E-state index in [2.05, 4.69) is 16.7 Å². The van der Waals surface area contributed by atoms with Gasteiger partial charge in [-0.15, -0.1) is 0 Å². The number of carbonyl (C=O) groups excluding carboxylic acids is 1. The van der Waals surface area contributed by atoms with E-state index in [1.807, 2.05) is 32.9 Å².